The molecule has 0 aliphatic rings. The summed E-state index contributed by atoms with van der Waals surface area (Å²) in [7, 11) is 0. The third-order valence-corrected chi connectivity index (χ3v) is 7.46. The van der Waals surface area contributed by atoms with Crippen molar-refractivity contribution in [2.45, 2.75) is 55.4 Å². The highest BCUT2D eigenvalue weighted by molar-refractivity contribution is 5.98. The molecule has 0 amide bonds. The van der Waals surface area contributed by atoms with Gasteiger partial charge in [0.05, 0.1) is 30.6 Å². The van der Waals surface area contributed by atoms with Crippen molar-refractivity contribution >= 4 is 17.5 Å². The molecule has 0 bridgehead atoms. The fourth-order valence-electron chi connectivity index (χ4n) is 4.81. The van der Waals surface area contributed by atoms with E-state index in [0.717, 1.165) is 0 Å². The molecular formula is C32H39N3O8. The van der Waals surface area contributed by atoms with Crippen LogP contribution in [0.5, 0.6) is 0 Å². The first-order valence-electron chi connectivity index (χ1n) is 13.9. The molecule has 43 heavy (non-hydrogen) atoms. The summed E-state index contributed by atoms with van der Waals surface area (Å²) in [6.07, 6.45) is -5.38. The third kappa shape index (κ3) is 7.78. The number of benzene rings is 3. The average molecular weight is 594 g/mol. The highest BCUT2D eigenvalue weighted by Gasteiger charge is 2.51. The lowest BCUT2D eigenvalue weighted by Gasteiger charge is -2.37. The molecule has 11 heteroatoms. The Balaban J connectivity index is 1.96. The lowest BCUT2D eigenvalue weighted by molar-refractivity contribution is -0.173. The van der Waals surface area contributed by atoms with Gasteiger partial charge in [-0.3, -0.25) is 20.1 Å². The van der Waals surface area contributed by atoms with Gasteiger partial charge in [-0.2, -0.15) is 0 Å². The third-order valence-electron chi connectivity index (χ3n) is 7.46. The first kappa shape index (κ1) is 33.7. The molecule has 3 aromatic rings. The quantitative estimate of drug-likeness (QED) is 0.0937. The number of esters is 1. The molecule has 0 spiro atoms. The lowest BCUT2D eigenvalue weighted by Crippen LogP contribution is -2.66. The standard InChI is InChI=1S/C32H39N3O8/c1-2-23(33)26(37)22(18-36)27(38)30(40)32(35,42)29(39)24(19-12-6-3-7-13-19)25(34)31(41)43-28(20-14-8-4-9-15-20)21-16-10-5-11-17-21/h3-17,22-25,27-28,30,36,38,40,42H,2,18,33-35H2,1H3/t22-,23?,24?,25?,27-,30-,32-/m1/s1. The Morgan fingerprint density at radius 2 is 1.26 bits per heavy atom. The van der Waals surface area contributed by atoms with E-state index in [-0.39, 0.29) is 12.0 Å². The van der Waals surface area contributed by atoms with E-state index in [9.17, 15) is 34.8 Å². The molecule has 0 aliphatic heterocycles. The van der Waals surface area contributed by atoms with E-state index < -0.39 is 72.1 Å². The predicted molar refractivity (Wildman–Crippen MR) is 158 cm³/mol. The van der Waals surface area contributed by atoms with Crippen molar-refractivity contribution in [1.29, 1.82) is 0 Å². The van der Waals surface area contributed by atoms with Gasteiger partial charge in [-0.05, 0) is 23.1 Å². The highest BCUT2D eigenvalue weighted by Crippen LogP contribution is 2.31. The molecule has 0 aliphatic carbocycles. The predicted octanol–water partition coefficient (Wildman–Crippen LogP) is 0.283. The van der Waals surface area contributed by atoms with Crippen molar-refractivity contribution in [3.63, 3.8) is 0 Å². The van der Waals surface area contributed by atoms with Crippen LogP contribution < -0.4 is 17.2 Å². The number of nitrogens with two attached hydrogens (primary N) is 3. The maximum absolute atomic E-state index is 13.8. The summed E-state index contributed by atoms with van der Waals surface area (Å²) >= 11 is 0. The number of carbonyl (C=O) groups excluding carboxylic acids is 3. The van der Waals surface area contributed by atoms with Crippen LogP contribution in [0.2, 0.25) is 0 Å². The SMILES string of the molecule is CCC(N)C(=O)[C@@H](CO)[C@@H](O)[C@@H](O)[C@](N)(O)C(=O)C(c1ccccc1)C(N)C(=O)OC(c1ccccc1)c1ccccc1. The van der Waals surface area contributed by atoms with Crippen molar-refractivity contribution in [1.82, 2.24) is 0 Å². The summed E-state index contributed by atoms with van der Waals surface area (Å²) in [6, 6.07) is 22.7. The van der Waals surface area contributed by atoms with Crippen LogP contribution in [0, 0.1) is 5.92 Å². The molecule has 3 aromatic carbocycles. The number of aliphatic hydroxyl groups is 4. The minimum absolute atomic E-state index is 0.168. The fraction of sp³-hybridized carbons (Fsp3) is 0.344. The van der Waals surface area contributed by atoms with Gasteiger partial charge in [0, 0.05) is 0 Å². The van der Waals surface area contributed by atoms with Gasteiger partial charge in [-0.1, -0.05) is 97.9 Å². The molecule has 0 saturated carbocycles. The van der Waals surface area contributed by atoms with E-state index in [4.69, 9.17) is 21.9 Å². The Bertz CT molecular complexity index is 1300. The zero-order chi connectivity index (χ0) is 31.7. The fourth-order valence-corrected chi connectivity index (χ4v) is 4.81. The molecule has 230 valence electrons. The Kier molecular flexibility index (Phi) is 11.8. The van der Waals surface area contributed by atoms with Crippen LogP contribution in [0.3, 0.4) is 0 Å². The van der Waals surface area contributed by atoms with E-state index >= 15 is 0 Å². The van der Waals surface area contributed by atoms with Gasteiger partial charge in [0.25, 0.3) is 0 Å². The second-order valence-electron chi connectivity index (χ2n) is 10.4. The molecule has 7 atom stereocenters. The Morgan fingerprint density at radius 1 is 0.814 bits per heavy atom. The number of rotatable bonds is 15. The van der Waals surface area contributed by atoms with Crippen molar-refractivity contribution in [2.75, 3.05) is 6.61 Å². The number of hydrogen-bond donors (Lipinski definition) is 7. The molecular weight excluding hydrogens is 554 g/mol. The molecule has 0 aromatic heterocycles. The van der Waals surface area contributed by atoms with Gasteiger partial charge in [0.15, 0.2) is 17.7 Å². The number of aliphatic hydroxyl groups excluding tert-OH is 3. The van der Waals surface area contributed by atoms with Crippen molar-refractivity contribution < 1.29 is 39.5 Å². The van der Waals surface area contributed by atoms with Gasteiger partial charge in [0.1, 0.15) is 12.1 Å². The first-order chi connectivity index (χ1) is 20.4. The monoisotopic (exact) mass is 593 g/mol. The normalized spacial score (nSPS) is 17.1. The van der Waals surface area contributed by atoms with E-state index in [1.54, 1.807) is 85.8 Å². The maximum Gasteiger partial charge on any atom is 0.324 e. The van der Waals surface area contributed by atoms with Crippen molar-refractivity contribution in [3.8, 4) is 0 Å². The number of Topliss-reactive ketones (excluding diaryl/α,β-unsaturated/α-hetero) is 2. The van der Waals surface area contributed by atoms with Gasteiger partial charge in [-0.15, -0.1) is 0 Å². The lowest BCUT2D eigenvalue weighted by atomic mass is 9.78. The second kappa shape index (κ2) is 15.1. The molecule has 0 saturated heterocycles. The molecule has 0 radical (unpaired) electrons. The number of ketones is 2. The van der Waals surface area contributed by atoms with Crippen LogP contribution in [-0.4, -0.2) is 74.6 Å². The van der Waals surface area contributed by atoms with Gasteiger partial charge in [0.2, 0.25) is 5.72 Å². The second-order valence-corrected chi connectivity index (χ2v) is 10.4. The molecule has 11 nitrogen and oxygen atoms in total. The zero-order valence-corrected chi connectivity index (χ0v) is 23.8. The van der Waals surface area contributed by atoms with Gasteiger partial charge < -0.3 is 36.6 Å². The highest BCUT2D eigenvalue weighted by atomic mass is 16.5. The summed E-state index contributed by atoms with van der Waals surface area (Å²) in [5.41, 5.74) is 16.2. The van der Waals surface area contributed by atoms with E-state index in [1.807, 2.05) is 0 Å². The van der Waals surface area contributed by atoms with Crippen molar-refractivity contribution in [2.24, 2.45) is 23.1 Å². The summed E-state index contributed by atoms with van der Waals surface area (Å²) in [5, 5.41) is 42.5. The van der Waals surface area contributed by atoms with Gasteiger partial charge in [-0.25, -0.2) is 0 Å². The minimum Gasteiger partial charge on any atom is -0.451 e. The summed E-state index contributed by atoms with van der Waals surface area (Å²) < 4.78 is 5.84. The molecule has 0 heterocycles. The van der Waals surface area contributed by atoms with Crippen LogP contribution in [0.15, 0.2) is 91.0 Å². The van der Waals surface area contributed by atoms with E-state index in [1.165, 1.54) is 12.1 Å². The Hall–Kier alpha value is -3.81. The van der Waals surface area contributed by atoms with Crippen LogP contribution in [0.4, 0.5) is 0 Å². The molecule has 3 unspecified atom stereocenters. The number of ether oxygens (including phenoxy) is 1. The summed E-state index contributed by atoms with van der Waals surface area (Å²) in [5.74, 6) is -6.44. The van der Waals surface area contributed by atoms with Crippen LogP contribution in [-0.2, 0) is 19.1 Å². The van der Waals surface area contributed by atoms with Crippen LogP contribution in [0.25, 0.3) is 0 Å². The van der Waals surface area contributed by atoms with Gasteiger partial charge >= 0.3 is 5.97 Å². The number of carbonyl (C=O) groups is 3. The van der Waals surface area contributed by atoms with Crippen LogP contribution in [0.1, 0.15) is 42.1 Å². The summed E-state index contributed by atoms with van der Waals surface area (Å²) in [6.45, 7) is 0.664. The molecule has 0 fully saturated rings. The first-order valence-corrected chi connectivity index (χ1v) is 13.9. The molecule has 10 N–H and O–H groups in total. The average Bonchev–Trinajstić information content (AvgIpc) is 3.04. The number of hydrogen-bond acceptors (Lipinski definition) is 11. The zero-order valence-electron chi connectivity index (χ0n) is 23.8. The van der Waals surface area contributed by atoms with Crippen molar-refractivity contribution in [3.05, 3.63) is 108 Å². The van der Waals surface area contributed by atoms with E-state index in [0.29, 0.717) is 11.1 Å². The molecule has 3 rings (SSSR count). The van der Waals surface area contributed by atoms with E-state index in [2.05, 4.69) is 0 Å². The maximum atomic E-state index is 13.8. The largest absolute Gasteiger partial charge is 0.451 e. The Morgan fingerprint density at radius 3 is 1.67 bits per heavy atom. The minimum atomic E-state index is -3.22. The summed E-state index contributed by atoms with van der Waals surface area (Å²) in [4.78, 5) is 40.0. The smallest absolute Gasteiger partial charge is 0.324 e. The topological polar surface area (TPSA) is 219 Å². The van der Waals surface area contributed by atoms with Crippen LogP contribution >= 0.6 is 0 Å². The Labute approximate surface area is 249 Å².